The third-order valence-electron chi connectivity index (χ3n) is 6.39. The molecular formula is C25H30N4O3. The van der Waals surface area contributed by atoms with Crippen molar-refractivity contribution in [2.24, 2.45) is 0 Å². The Kier molecular flexibility index (Phi) is 6.28. The average molecular weight is 435 g/mol. The van der Waals surface area contributed by atoms with E-state index in [9.17, 15) is 14.4 Å². The monoisotopic (exact) mass is 434 g/mol. The summed E-state index contributed by atoms with van der Waals surface area (Å²) in [6.45, 7) is 7.27. The van der Waals surface area contributed by atoms with Crippen molar-refractivity contribution in [3.05, 3.63) is 71.3 Å². The topological polar surface area (TPSA) is 73.0 Å². The van der Waals surface area contributed by atoms with Gasteiger partial charge in [0.15, 0.2) is 0 Å². The van der Waals surface area contributed by atoms with Gasteiger partial charge >= 0.3 is 6.03 Å². The number of nitrogens with one attached hydrogen (secondary N) is 1. The van der Waals surface area contributed by atoms with Gasteiger partial charge < -0.3 is 10.2 Å². The molecule has 7 nitrogen and oxygen atoms in total. The summed E-state index contributed by atoms with van der Waals surface area (Å²) < 4.78 is 0. The second-order valence-electron chi connectivity index (χ2n) is 8.81. The maximum absolute atomic E-state index is 13.1. The van der Waals surface area contributed by atoms with Crippen LogP contribution in [0.15, 0.2) is 54.6 Å². The predicted octanol–water partition coefficient (Wildman–Crippen LogP) is 2.50. The third-order valence-corrected chi connectivity index (χ3v) is 6.39. The van der Waals surface area contributed by atoms with E-state index in [1.54, 1.807) is 24.0 Å². The zero-order chi connectivity index (χ0) is 22.7. The molecule has 0 aromatic heterocycles. The summed E-state index contributed by atoms with van der Waals surface area (Å²) in [6, 6.07) is 17.1. The predicted molar refractivity (Wildman–Crippen MR) is 122 cm³/mol. The summed E-state index contributed by atoms with van der Waals surface area (Å²) in [5.74, 6) is -0.583. The number of urea groups is 1. The van der Waals surface area contributed by atoms with Crippen molar-refractivity contribution in [2.45, 2.75) is 32.4 Å². The van der Waals surface area contributed by atoms with Gasteiger partial charge in [-0.2, -0.15) is 0 Å². The summed E-state index contributed by atoms with van der Waals surface area (Å²) >= 11 is 0. The van der Waals surface area contributed by atoms with E-state index in [1.807, 2.05) is 18.2 Å². The van der Waals surface area contributed by atoms with Gasteiger partial charge in [0.1, 0.15) is 12.1 Å². The van der Waals surface area contributed by atoms with Crippen LogP contribution in [0.5, 0.6) is 0 Å². The molecule has 2 aliphatic rings. The molecule has 0 spiro atoms. The molecule has 0 bridgehead atoms. The van der Waals surface area contributed by atoms with Gasteiger partial charge in [-0.25, -0.2) is 4.79 Å². The highest BCUT2D eigenvalue weighted by molar-refractivity contribution is 6.09. The fourth-order valence-electron chi connectivity index (χ4n) is 4.37. The largest absolute Gasteiger partial charge is 0.340 e. The van der Waals surface area contributed by atoms with E-state index in [4.69, 9.17) is 0 Å². The van der Waals surface area contributed by atoms with Gasteiger partial charge in [0.05, 0.1) is 0 Å². The van der Waals surface area contributed by atoms with E-state index in [2.05, 4.69) is 41.4 Å². The van der Waals surface area contributed by atoms with Crippen LogP contribution in [0.3, 0.4) is 0 Å². The molecule has 0 aliphatic carbocycles. The van der Waals surface area contributed by atoms with Gasteiger partial charge in [-0.1, -0.05) is 60.2 Å². The smallest absolute Gasteiger partial charge is 0.325 e. The van der Waals surface area contributed by atoms with Crippen LogP contribution in [-0.4, -0.2) is 65.3 Å². The Labute approximate surface area is 189 Å². The lowest BCUT2D eigenvalue weighted by Crippen LogP contribution is -2.45. The fourth-order valence-corrected chi connectivity index (χ4v) is 4.37. The highest BCUT2D eigenvalue weighted by Crippen LogP contribution is 2.28. The van der Waals surface area contributed by atoms with Crippen molar-refractivity contribution in [2.75, 3.05) is 32.7 Å². The Morgan fingerprint density at radius 2 is 1.69 bits per heavy atom. The lowest BCUT2D eigenvalue weighted by atomic mass is 9.92. The van der Waals surface area contributed by atoms with Crippen LogP contribution in [0.2, 0.25) is 0 Å². The fraction of sp³-hybridized carbons (Fsp3) is 0.400. The molecule has 2 heterocycles. The second kappa shape index (κ2) is 9.12. The van der Waals surface area contributed by atoms with Crippen LogP contribution in [0, 0.1) is 6.92 Å². The molecule has 2 fully saturated rings. The Hall–Kier alpha value is -3.19. The van der Waals surface area contributed by atoms with Crippen LogP contribution < -0.4 is 5.32 Å². The van der Waals surface area contributed by atoms with Gasteiger partial charge in [-0.05, 0) is 31.4 Å². The van der Waals surface area contributed by atoms with Crippen LogP contribution in [-0.2, 0) is 21.7 Å². The molecule has 2 aliphatic heterocycles. The number of carbonyl (C=O) groups excluding carboxylic acids is 3. The number of hydrogen-bond donors (Lipinski definition) is 1. The number of benzene rings is 2. The first-order valence-corrected chi connectivity index (χ1v) is 11.1. The van der Waals surface area contributed by atoms with Gasteiger partial charge in [0, 0.05) is 32.7 Å². The van der Waals surface area contributed by atoms with E-state index in [0.29, 0.717) is 18.7 Å². The zero-order valence-corrected chi connectivity index (χ0v) is 18.7. The quantitative estimate of drug-likeness (QED) is 0.734. The minimum absolute atomic E-state index is 0.192. The van der Waals surface area contributed by atoms with Gasteiger partial charge in [-0.3, -0.25) is 19.4 Å². The zero-order valence-electron chi connectivity index (χ0n) is 18.7. The summed E-state index contributed by atoms with van der Waals surface area (Å²) in [7, 11) is 0. The van der Waals surface area contributed by atoms with Crippen molar-refractivity contribution in [1.29, 1.82) is 0 Å². The van der Waals surface area contributed by atoms with Crippen molar-refractivity contribution < 1.29 is 14.4 Å². The first-order chi connectivity index (χ1) is 15.4. The summed E-state index contributed by atoms with van der Waals surface area (Å²) in [5, 5.41) is 2.76. The molecule has 1 atom stereocenters. The average Bonchev–Trinajstić information content (AvgIpc) is 2.95. The number of hydrogen-bond acceptors (Lipinski definition) is 4. The molecular weight excluding hydrogens is 404 g/mol. The number of aryl methyl sites for hydroxylation is 1. The molecule has 7 heteroatoms. The first kappa shape index (κ1) is 22.0. The molecule has 1 unspecified atom stereocenters. The highest BCUT2D eigenvalue weighted by Gasteiger charge is 2.49. The van der Waals surface area contributed by atoms with E-state index in [-0.39, 0.29) is 12.5 Å². The van der Waals surface area contributed by atoms with Crippen LogP contribution >= 0.6 is 0 Å². The van der Waals surface area contributed by atoms with Crippen molar-refractivity contribution in [3.63, 3.8) is 0 Å². The lowest BCUT2D eigenvalue weighted by Gasteiger charge is -2.25. The van der Waals surface area contributed by atoms with E-state index >= 15 is 0 Å². The number of carbonyl (C=O) groups is 3. The standard InChI is InChI=1S/C25H30N4O3/c1-19-9-11-20(12-10-19)17-27-13-6-14-28(16-15-27)22(30)18-29-23(31)25(2,26-24(29)32)21-7-4-3-5-8-21/h3-5,7-12H,6,13-18H2,1-2H3,(H,26,32). The minimum atomic E-state index is -1.15. The van der Waals surface area contributed by atoms with E-state index in [0.717, 1.165) is 31.0 Å². The summed E-state index contributed by atoms with van der Waals surface area (Å²) in [4.78, 5) is 43.8. The van der Waals surface area contributed by atoms with Gasteiger partial charge in [-0.15, -0.1) is 0 Å². The van der Waals surface area contributed by atoms with E-state index in [1.165, 1.54) is 11.1 Å². The van der Waals surface area contributed by atoms with Crippen molar-refractivity contribution in [1.82, 2.24) is 20.0 Å². The Morgan fingerprint density at radius 3 is 2.41 bits per heavy atom. The number of rotatable bonds is 5. The molecule has 2 saturated heterocycles. The Bertz CT molecular complexity index is 992. The molecule has 0 radical (unpaired) electrons. The lowest BCUT2D eigenvalue weighted by molar-refractivity contribution is -0.138. The Morgan fingerprint density at radius 1 is 0.969 bits per heavy atom. The molecule has 1 N–H and O–H groups in total. The van der Waals surface area contributed by atoms with Crippen molar-refractivity contribution >= 4 is 17.8 Å². The van der Waals surface area contributed by atoms with Crippen LogP contribution in [0.25, 0.3) is 0 Å². The maximum atomic E-state index is 13.1. The summed E-state index contributed by atoms with van der Waals surface area (Å²) in [5.41, 5.74) is 2.05. The third kappa shape index (κ3) is 4.53. The first-order valence-electron chi connectivity index (χ1n) is 11.1. The maximum Gasteiger partial charge on any atom is 0.325 e. The van der Waals surface area contributed by atoms with Crippen molar-refractivity contribution in [3.8, 4) is 0 Å². The molecule has 0 saturated carbocycles. The molecule has 4 rings (SSSR count). The van der Waals surface area contributed by atoms with E-state index < -0.39 is 17.5 Å². The minimum Gasteiger partial charge on any atom is -0.340 e. The highest BCUT2D eigenvalue weighted by atomic mass is 16.2. The molecule has 32 heavy (non-hydrogen) atoms. The number of nitrogens with zero attached hydrogens (tertiary/aromatic N) is 3. The Balaban J connectivity index is 1.36. The normalized spacial score (nSPS) is 22.1. The van der Waals surface area contributed by atoms with Gasteiger partial charge in [0.25, 0.3) is 5.91 Å². The van der Waals surface area contributed by atoms with Crippen LogP contribution in [0.1, 0.15) is 30.0 Å². The molecule has 2 aromatic rings. The SMILES string of the molecule is Cc1ccc(CN2CCCN(C(=O)CN3C(=O)NC(C)(c4ccccc4)C3=O)CC2)cc1. The summed E-state index contributed by atoms with van der Waals surface area (Å²) in [6.07, 6.45) is 0.861. The molecule has 4 amide bonds. The molecule has 168 valence electrons. The number of amides is 4. The number of imide groups is 1. The van der Waals surface area contributed by atoms with Gasteiger partial charge in [0.2, 0.25) is 5.91 Å². The molecule has 2 aromatic carbocycles. The second-order valence-corrected chi connectivity index (χ2v) is 8.81. The van der Waals surface area contributed by atoms with Crippen LogP contribution in [0.4, 0.5) is 4.79 Å².